The van der Waals surface area contributed by atoms with Crippen LogP contribution in [-0.4, -0.2) is 40.7 Å². The summed E-state index contributed by atoms with van der Waals surface area (Å²) in [5, 5.41) is 8.71. The number of nitrogens with zero attached hydrogens (tertiary/aromatic N) is 2. The first-order valence-electron chi connectivity index (χ1n) is 11.8. The van der Waals surface area contributed by atoms with Gasteiger partial charge < -0.3 is 19.5 Å². The number of para-hydroxylation sites is 1. The minimum absolute atomic E-state index is 0.318. The first-order valence-corrected chi connectivity index (χ1v) is 11.8. The molecule has 3 aromatic rings. The third-order valence-corrected chi connectivity index (χ3v) is 6.09. The number of amides is 1. The Hall–Kier alpha value is -3.06. The van der Waals surface area contributed by atoms with Gasteiger partial charge in [0.25, 0.3) is 0 Å². The van der Waals surface area contributed by atoms with E-state index < -0.39 is 5.60 Å². The number of ether oxygens (including phenoxy) is 3. The van der Waals surface area contributed by atoms with Gasteiger partial charge >= 0.3 is 6.09 Å². The van der Waals surface area contributed by atoms with Gasteiger partial charge in [0.15, 0.2) is 0 Å². The van der Waals surface area contributed by atoms with Gasteiger partial charge in [-0.05, 0) is 82.7 Å². The summed E-state index contributed by atoms with van der Waals surface area (Å²) < 4.78 is 19.2. The molecule has 1 saturated carbocycles. The van der Waals surface area contributed by atoms with Crippen molar-refractivity contribution in [2.24, 2.45) is 0 Å². The van der Waals surface area contributed by atoms with Crippen LogP contribution in [0.4, 0.5) is 4.79 Å². The largest absolute Gasteiger partial charge is 0.457 e. The summed E-state index contributed by atoms with van der Waals surface area (Å²) in [6, 6.07) is 10.3. The molecule has 182 valence electrons. The molecule has 7 heteroatoms. The Morgan fingerprint density at radius 3 is 2.50 bits per heavy atom. The molecule has 1 aromatic heterocycles. The Bertz CT molecular complexity index is 1170. The number of nitrogens with one attached hydrogen (secondary N) is 1. The molecule has 2 aromatic carbocycles. The number of alkyl carbamates (subject to hydrolysis) is 1. The molecule has 1 N–H and O–H groups in total. The van der Waals surface area contributed by atoms with E-state index in [0.717, 1.165) is 58.4 Å². The highest BCUT2D eigenvalue weighted by atomic mass is 16.6. The number of fused-ring (bicyclic) bond motifs is 1. The summed E-state index contributed by atoms with van der Waals surface area (Å²) in [6.07, 6.45) is 4.00. The van der Waals surface area contributed by atoms with Gasteiger partial charge in [-0.15, -0.1) is 0 Å². The first-order chi connectivity index (χ1) is 16.1. The standard InChI is InChI=1S/C27H35N3O4/c1-18-8-7-9-19(2)24(18)33-23-15-21-16-28-30(22(21)14-20(23)10-13-32-6)17-27(11-12-27)29-25(31)34-26(3,4)5/h7-9,14-16H,10-13,17H2,1-6H3,(H,29,31). The molecular formula is C27H35N3O4. The lowest BCUT2D eigenvalue weighted by Crippen LogP contribution is -2.43. The zero-order valence-corrected chi connectivity index (χ0v) is 21.0. The Labute approximate surface area is 201 Å². The van der Waals surface area contributed by atoms with E-state index in [4.69, 9.17) is 14.2 Å². The van der Waals surface area contributed by atoms with Gasteiger partial charge in [0, 0.05) is 12.5 Å². The van der Waals surface area contributed by atoms with Crippen molar-refractivity contribution in [3.63, 3.8) is 0 Å². The van der Waals surface area contributed by atoms with Crippen LogP contribution in [0.3, 0.4) is 0 Å². The van der Waals surface area contributed by atoms with Crippen molar-refractivity contribution in [2.45, 2.75) is 71.6 Å². The molecule has 0 unspecified atom stereocenters. The molecule has 1 fully saturated rings. The van der Waals surface area contributed by atoms with E-state index in [2.05, 4.69) is 48.5 Å². The topological polar surface area (TPSA) is 74.6 Å². The van der Waals surface area contributed by atoms with Crippen LogP contribution < -0.4 is 10.1 Å². The number of aromatic nitrogens is 2. The van der Waals surface area contributed by atoms with E-state index >= 15 is 0 Å². The SMILES string of the molecule is COCCc1cc2c(cnn2CC2(NC(=O)OC(C)(C)C)CC2)cc1Oc1c(C)cccc1C. The normalized spacial score (nSPS) is 14.8. The average molecular weight is 466 g/mol. The van der Waals surface area contributed by atoms with Crippen molar-refractivity contribution in [2.75, 3.05) is 13.7 Å². The molecular weight excluding hydrogens is 430 g/mol. The summed E-state index contributed by atoms with van der Waals surface area (Å²) in [6.45, 7) is 10.9. The molecule has 0 saturated heterocycles. The monoisotopic (exact) mass is 465 g/mol. The van der Waals surface area contributed by atoms with Crippen LogP contribution in [-0.2, 0) is 22.4 Å². The summed E-state index contributed by atoms with van der Waals surface area (Å²) in [5.41, 5.74) is 3.41. The predicted molar refractivity (Wildman–Crippen MR) is 133 cm³/mol. The summed E-state index contributed by atoms with van der Waals surface area (Å²) in [5.74, 6) is 1.70. The lowest BCUT2D eigenvalue weighted by molar-refractivity contribution is 0.0490. The van der Waals surface area contributed by atoms with Crippen LogP contribution in [0.2, 0.25) is 0 Å². The number of hydrogen-bond donors (Lipinski definition) is 1. The molecule has 34 heavy (non-hydrogen) atoms. The molecule has 7 nitrogen and oxygen atoms in total. The molecule has 1 aliphatic carbocycles. The third-order valence-electron chi connectivity index (χ3n) is 6.09. The average Bonchev–Trinajstić information content (AvgIpc) is 3.39. The molecule has 4 rings (SSSR count). The molecule has 0 radical (unpaired) electrons. The Morgan fingerprint density at radius 1 is 1.18 bits per heavy atom. The van der Waals surface area contributed by atoms with Gasteiger partial charge in [-0.3, -0.25) is 4.68 Å². The van der Waals surface area contributed by atoms with Gasteiger partial charge in [-0.1, -0.05) is 18.2 Å². The quantitative estimate of drug-likeness (QED) is 0.462. The fraction of sp³-hybridized carbons (Fsp3) is 0.481. The minimum Gasteiger partial charge on any atom is -0.457 e. The van der Waals surface area contributed by atoms with Crippen molar-refractivity contribution < 1.29 is 19.0 Å². The van der Waals surface area contributed by atoms with Crippen molar-refractivity contribution in [3.05, 3.63) is 53.2 Å². The molecule has 1 heterocycles. The van der Waals surface area contributed by atoms with Crippen LogP contribution in [0.15, 0.2) is 36.5 Å². The second-order valence-electron chi connectivity index (χ2n) is 10.3. The highest BCUT2D eigenvalue weighted by Crippen LogP contribution is 2.39. The highest BCUT2D eigenvalue weighted by Gasteiger charge is 2.46. The number of benzene rings is 2. The summed E-state index contributed by atoms with van der Waals surface area (Å²) >= 11 is 0. The van der Waals surface area contributed by atoms with Crippen LogP contribution in [0.1, 0.15) is 50.3 Å². The maximum Gasteiger partial charge on any atom is 0.408 e. The van der Waals surface area contributed by atoms with E-state index in [0.29, 0.717) is 13.2 Å². The summed E-state index contributed by atoms with van der Waals surface area (Å²) in [4.78, 5) is 12.4. The smallest absolute Gasteiger partial charge is 0.408 e. The van der Waals surface area contributed by atoms with Gasteiger partial charge in [0.05, 0.1) is 30.4 Å². The van der Waals surface area contributed by atoms with Gasteiger partial charge in [0.1, 0.15) is 17.1 Å². The first kappa shape index (κ1) is 24.1. The number of aryl methyl sites for hydroxylation is 2. The highest BCUT2D eigenvalue weighted by molar-refractivity contribution is 5.82. The van der Waals surface area contributed by atoms with E-state index in [1.165, 1.54) is 0 Å². The number of hydrogen-bond acceptors (Lipinski definition) is 5. The maximum absolute atomic E-state index is 12.4. The molecule has 0 atom stereocenters. The van der Waals surface area contributed by atoms with Crippen LogP contribution in [0.25, 0.3) is 10.9 Å². The van der Waals surface area contributed by atoms with E-state index in [-0.39, 0.29) is 11.6 Å². The van der Waals surface area contributed by atoms with Crippen LogP contribution in [0, 0.1) is 13.8 Å². The second-order valence-corrected chi connectivity index (χ2v) is 10.3. The van der Waals surface area contributed by atoms with E-state index in [9.17, 15) is 4.79 Å². The Morgan fingerprint density at radius 2 is 1.88 bits per heavy atom. The second kappa shape index (κ2) is 9.29. The predicted octanol–water partition coefficient (Wildman–Crippen LogP) is 5.69. The lowest BCUT2D eigenvalue weighted by Gasteiger charge is -2.23. The van der Waals surface area contributed by atoms with Gasteiger partial charge in [-0.2, -0.15) is 5.10 Å². The van der Waals surface area contributed by atoms with Gasteiger partial charge in [0.2, 0.25) is 0 Å². The molecule has 1 aliphatic rings. The minimum atomic E-state index is -0.527. The molecule has 1 amide bonds. The van der Waals surface area contributed by atoms with E-state index in [1.807, 2.05) is 37.7 Å². The zero-order valence-electron chi connectivity index (χ0n) is 21.0. The molecule has 0 aliphatic heterocycles. The van der Waals surface area contributed by atoms with Gasteiger partial charge in [-0.25, -0.2) is 4.79 Å². The summed E-state index contributed by atoms with van der Waals surface area (Å²) in [7, 11) is 1.70. The van der Waals surface area contributed by atoms with Crippen molar-refractivity contribution in [3.8, 4) is 11.5 Å². The third kappa shape index (κ3) is 5.53. The maximum atomic E-state index is 12.4. The number of rotatable bonds is 8. The fourth-order valence-electron chi connectivity index (χ4n) is 4.13. The van der Waals surface area contributed by atoms with Crippen LogP contribution >= 0.6 is 0 Å². The van der Waals surface area contributed by atoms with Crippen molar-refractivity contribution in [1.29, 1.82) is 0 Å². The number of carbonyl (C=O) groups is 1. The van der Waals surface area contributed by atoms with Crippen LogP contribution in [0.5, 0.6) is 11.5 Å². The zero-order chi connectivity index (χ0) is 24.5. The Balaban J connectivity index is 1.61. The fourth-order valence-corrected chi connectivity index (χ4v) is 4.13. The molecule has 0 bridgehead atoms. The number of carbonyl (C=O) groups excluding carboxylic acids is 1. The molecule has 0 spiro atoms. The van der Waals surface area contributed by atoms with E-state index in [1.54, 1.807) is 7.11 Å². The van der Waals surface area contributed by atoms with Crippen molar-refractivity contribution >= 4 is 17.0 Å². The number of methoxy groups -OCH3 is 1. The van der Waals surface area contributed by atoms with Crippen molar-refractivity contribution in [1.82, 2.24) is 15.1 Å². The Kier molecular flexibility index (Phi) is 6.58. The lowest BCUT2D eigenvalue weighted by atomic mass is 10.1.